The molecule has 2 aromatic heterocycles. The van der Waals surface area contributed by atoms with Crippen molar-refractivity contribution in [3.05, 3.63) is 41.2 Å². The minimum absolute atomic E-state index is 0. The number of nitrogens with one attached hydrogen (secondary N) is 1. The van der Waals surface area contributed by atoms with Crippen LogP contribution in [-0.4, -0.2) is 33.4 Å². The summed E-state index contributed by atoms with van der Waals surface area (Å²) in [6.07, 6.45) is 1.74. The van der Waals surface area contributed by atoms with Gasteiger partial charge >= 0.3 is 51.4 Å². The molecule has 8 heteroatoms. The van der Waals surface area contributed by atoms with Gasteiger partial charge < -0.3 is 15.9 Å². The van der Waals surface area contributed by atoms with Gasteiger partial charge in [-0.3, -0.25) is 9.19 Å². The Morgan fingerprint density at radius 1 is 1.24 bits per heavy atom. The molecular weight excluding hydrogens is 365 g/mol. The molecule has 3 rings (SSSR count). The number of fused-ring (bicyclic) bond motifs is 1. The van der Waals surface area contributed by atoms with Gasteiger partial charge in [-0.1, -0.05) is 0 Å². The number of nitrogens with zero attached hydrogens (tertiary/aromatic N) is 2. The zero-order valence-corrected chi connectivity index (χ0v) is 19.0. The maximum atomic E-state index is 12.7. The van der Waals surface area contributed by atoms with Crippen molar-refractivity contribution in [3.8, 4) is 11.5 Å². The van der Waals surface area contributed by atoms with Crippen LogP contribution in [0.1, 0.15) is 18.2 Å². The number of rotatable bonds is 5. The molecule has 0 fully saturated rings. The van der Waals surface area contributed by atoms with Crippen LogP contribution in [0, 0.1) is 13.8 Å². The minimum atomic E-state index is -1.33. The van der Waals surface area contributed by atoms with Crippen molar-refractivity contribution in [2.24, 2.45) is 0 Å². The van der Waals surface area contributed by atoms with Gasteiger partial charge in [0.15, 0.2) is 5.16 Å². The van der Waals surface area contributed by atoms with Crippen molar-refractivity contribution < 1.29 is 66.5 Å². The predicted octanol–water partition coefficient (Wildman–Crippen LogP) is 0.0162. The topological polar surface area (TPSA) is 77.1 Å². The Balaban J connectivity index is 0.00000169. The molecule has 0 aliphatic heterocycles. The standard InChI is InChI=1S/C17H19N3O3S.K.H/c1-10-8-18-15(11(2)16(10)23-4)9-24(21)17-19-13-6-5-12(22-3)7-14(13)20-17;;/h5-8H,9H2,1-4H3,(H,19,20);;/q;+1;-1. The van der Waals surface area contributed by atoms with Gasteiger partial charge in [0.25, 0.3) is 0 Å². The first-order chi connectivity index (χ1) is 11.5. The molecule has 128 valence electrons. The number of imidazole rings is 1. The molecule has 0 bridgehead atoms. The van der Waals surface area contributed by atoms with Crippen LogP contribution in [0.4, 0.5) is 0 Å². The molecular formula is C17H20KN3O3S. The maximum Gasteiger partial charge on any atom is 1.00 e. The number of benzene rings is 1. The zero-order chi connectivity index (χ0) is 17.3. The summed E-state index contributed by atoms with van der Waals surface area (Å²) in [5.41, 5.74) is 4.16. The van der Waals surface area contributed by atoms with Crippen LogP contribution in [0.25, 0.3) is 11.0 Å². The third-order valence-electron chi connectivity index (χ3n) is 3.90. The second kappa shape index (κ2) is 8.74. The Morgan fingerprint density at radius 3 is 2.68 bits per heavy atom. The fourth-order valence-electron chi connectivity index (χ4n) is 2.61. The van der Waals surface area contributed by atoms with Crippen LogP contribution >= 0.6 is 0 Å². The summed E-state index contributed by atoms with van der Waals surface area (Å²) in [7, 11) is 1.91. The SMILES string of the molecule is COc1ccc2nc(S(=O)Cc3ncc(C)c(OC)c3C)[nH]c2c1.[H-].[K+]. The van der Waals surface area contributed by atoms with Crippen LogP contribution in [-0.2, 0) is 16.6 Å². The molecule has 1 unspecified atom stereocenters. The minimum Gasteiger partial charge on any atom is -1.00 e. The first kappa shape index (κ1) is 20.5. The second-order valence-corrected chi connectivity index (χ2v) is 6.83. The number of ether oxygens (including phenoxy) is 2. The third-order valence-corrected chi connectivity index (χ3v) is 5.06. The Kier molecular flexibility index (Phi) is 7.18. The Labute approximate surface area is 193 Å². The van der Waals surface area contributed by atoms with E-state index in [9.17, 15) is 4.21 Å². The Morgan fingerprint density at radius 2 is 2.00 bits per heavy atom. The third kappa shape index (κ3) is 4.32. The smallest absolute Gasteiger partial charge is 1.00 e. The fourth-order valence-corrected chi connectivity index (χ4v) is 3.71. The van der Waals surface area contributed by atoms with E-state index in [0.717, 1.165) is 39.4 Å². The van der Waals surface area contributed by atoms with Crippen LogP contribution in [0.5, 0.6) is 11.5 Å². The van der Waals surface area contributed by atoms with Crippen molar-refractivity contribution in [1.82, 2.24) is 15.0 Å². The number of hydrogen-bond acceptors (Lipinski definition) is 5. The summed E-state index contributed by atoms with van der Waals surface area (Å²) in [5, 5.41) is 0.430. The largest absolute Gasteiger partial charge is 1.00 e. The van der Waals surface area contributed by atoms with Crippen LogP contribution in [0.2, 0.25) is 0 Å². The molecule has 25 heavy (non-hydrogen) atoms. The zero-order valence-electron chi connectivity index (χ0n) is 16.0. The number of methoxy groups -OCH3 is 2. The van der Waals surface area contributed by atoms with Crippen molar-refractivity contribution in [2.75, 3.05) is 14.2 Å². The van der Waals surface area contributed by atoms with E-state index in [4.69, 9.17) is 9.47 Å². The number of aromatic amines is 1. The average Bonchev–Trinajstić information content (AvgIpc) is 3.01. The van der Waals surface area contributed by atoms with Crippen molar-refractivity contribution in [1.29, 1.82) is 0 Å². The molecule has 1 aromatic carbocycles. The molecule has 3 aromatic rings. The van der Waals surface area contributed by atoms with Crippen molar-refractivity contribution in [3.63, 3.8) is 0 Å². The van der Waals surface area contributed by atoms with Gasteiger partial charge in [-0.15, -0.1) is 0 Å². The van der Waals surface area contributed by atoms with E-state index in [1.165, 1.54) is 0 Å². The second-order valence-electron chi connectivity index (χ2n) is 5.46. The molecule has 0 saturated carbocycles. The van der Waals surface area contributed by atoms with E-state index in [2.05, 4.69) is 15.0 Å². The van der Waals surface area contributed by atoms with E-state index < -0.39 is 10.8 Å². The number of H-pyrrole nitrogens is 1. The van der Waals surface area contributed by atoms with Crippen molar-refractivity contribution in [2.45, 2.75) is 24.8 Å². The first-order valence-corrected chi connectivity index (χ1v) is 8.76. The molecule has 0 radical (unpaired) electrons. The predicted molar refractivity (Wildman–Crippen MR) is 94.1 cm³/mol. The summed E-state index contributed by atoms with van der Waals surface area (Å²) < 4.78 is 23.3. The molecule has 1 N–H and O–H groups in total. The molecule has 0 amide bonds. The summed E-state index contributed by atoms with van der Waals surface area (Å²) in [5.74, 6) is 1.79. The monoisotopic (exact) mass is 385 g/mol. The molecule has 2 heterocycles. The van der Waals surface area contributed by atoms with Crippen LogP contribution < -0.4 is 60.9 Å². The van der Waals surface area contributed by atoms with Crippen molar-refractivity contribution >= 4 is 21.8 Å². The quantitative estimate of drug-likeness (QED) is 0.627. The Hall–Kier alpha value is -0.774. The molecule has 6 nitrogen and oxygen atoms in total. The first-order valence-electron chi connectivity index (χ1n) is 7.44. The normalized spacial score (nSPS) is 11.8. The van der Waals surface area contributed by atoms with Gasteiger partial charge in [0, 0.05) is 23.4 Å². The molecule has 0 spiro atoms. The molecule has 0 aliphatic carbocycles. The average molecular weight is 386 g/mol. The number of hydrogen-bond donors (Lipinski definition) is 1. The van der Waals surface area contributed by atoms with Crippen LogP contribution in [0.15, 0.2) is 29.6 Å². The van der Waals surface area contributed by atoms with Gasteiger partial charge in [0.1, 0.15) is 11.5 Å². The summed E-state index contributed by atoms with van der Waals surface area (Å²) >= 11 is 0. The van der Waals surface area contributed by atoms with Crippen LogP contribution in [0.3, 0.4) is 0 Å². The van der Waals surface area contributed by atoms with Gasteiger partial charge in [-0.05, 0) is 26.0 Å². The van der Waals surface area contributed by atoms with Gasteiger partial charge in [0.05, 0.1) is 47.5 Å². The number of aryl methyl sites for hydroxylation is 1. The summed E-state index contributed by atoms with van der Waals surface area (Å²) in [6, 6.07) is 5.50. The van der Waals surface area contributed by atoms with E-state index in [1.807, 2.05) is 32.0 Å². The summed E-state index contributed by atoms with van der Waals surface area (Å²) in [6.45, 7) is 3.86. The number of pyridine rings is 1. The summed E-state index contributed by atoms with van der Waals surface area (Å²) in [4.78, 5) is 11.9. The van der Waals surface area contributed by atoms with Gasteiger partial charge in [-0.25, -0.2) is 4.98 Å². The molecule has 1 atom stereocenters. The van der Waals surface area contributed by atoms with E-state index in [0.29, 0.717) is 5.16 Å². The molecule has 0 aliphatic rings. The molecule has 0 saturated heterocycles. The van der Waals surface area contributed by atoms with Gasteiger partial charge in [-0.2, -0.15) is 0 Å². The van der Waals surface area contributed by atoms with E-state index in [-0.39, 0.29) is 58.6 Å². The Bertz CT molecular complexity index is 933. The van der Waals surface area contributed by atoms with Gasteiger partial charge in [0.2, 0.25) is 0 Å². The van der Waals surface area contributed by atoms with E-state index >= 15 is 0 Å². The maximum absolute atomic E-state index is 12.7. The fraction of sp³-hybridized carbons (Fsp3) is 0.294. The number of aromatic nitrogens is 3. The van der Waals surface area contributed by atoms with E-state index in [1.54, 1.807) is 20.4 Å².